The normalized spacial score (nSPS) is 18.8. The first kappa shape index (κ1) is 18.2. The molecule has 0 N–H and O–H groups in total. The standard InChI is InChI=1S/C31H26N/c1-18-9-4-5-12-22(18)31-30-27(19(2)17-32(31)3)28-23-13-6-7-14-24(23)29(30)26-16-21-11-8-10-20(21)15-25(26)28/h4-7,9-17,28-29H,8H2,1-3H3/q+1. The van der Waals surface area contributed by atoms with E-state index in [1.807, 2.05) is 0 Å². The minimum atomic E-state index is 0.279. The Kier molecular flexibility index (Phi) is 3.57. The maximum atomic E-state index is 2.49. The molecule has 1 aromatic heterocycles. The topological polar surface area (TPSA) is 3.88 Å². The van der Waals surface area contributed by atoms with Gasteiger partial charge in [-0.1, -0.05) is 66.7 Å². The van der Waals surface area contributed by atoms with Gasteiger partial charge >= 0.3 is 0 Å². The van der Waals surface area contributed by atoms with E-state index in [0.717, 1.165) is 6.42 Å². The summed E-state index contributed by atoms with van der Waals surface area (Å²) in [5.74, 6) is 0.589. The number of hydrogen-bond donors (Lipinski definition) is 0. The Hall–Kier alpha value is -3.45. The molecule has 0 aliphatic heterocycles. The molecule has 0 saturated carbocycles. The Labute approximate surface area is 189 Å². The Bertz CT molecular complexity index is 1590. The third kappa shape index (κ3) is 2.21. The first-order valence-electron chi connectivity index (χ1n) is 11.7. The van der Waals surface area contributed by atoms with E-state index in [-0.39, 0.29) is 5.92 Å². The van der Waals surface area contributed by atoms with Crippen molar-refractivity contribution in [3.63, 3.8) is 0 Å². The van der Waals surface area contributed by atoms with Crippen molar-refractivity contribution in [2.45, 2.75) is 32.1 Å². The first-order chi connectivity index (χ1) is 15.6. The molecule has 4 aliphatic carbocycles. The quantitative estimate of drug-likeness (QED) is 0.343. The predicted octanol–water partition coefficient (Wildman–Crippen LogP) is 4.75. The van der Waals surface area contributed by atoms with Crippen LogP contribution in [-0.4, -0.2) is 0 Å². The van der Waals surface area contributed by atoms with Crippen molar-refractivity contribution in [3.8, 4) is 11.3 Å². The van der Waals surface area contributed by atoms with Crippen molar-refractivity contribution in [2.75, 3.05) is 0 Å². The molecule has 0 spiro atoms. The van der Waals surface area contributed by atoms with Gasteiger partial charge in [0.2, 0.25) is 5.69 Å². The molecule has 0 saturated heterocycles. The molecule has 1 heterocycles. The van der Waals surface area contributed by atoms with E-state index in [0.29, 0.717) is 5.92 Å². The molecule has 1 heteroatoms. The third-order valence-electron chi connectivity index (χ3n) is 7.89. The number of rotatable bonds is 1. The van der Waals surface area contributed by atoms with Gasteiger partial charge in [-0.3, -0.25) is 0 Å². The van der Waals surface area contributed by atoms with E-state index >= 15 is 0 Å². The first-order valence-corrected chi connectivity index (χ1v) is 11.7. The van der Waals surface area contributed by atoms with Crippen LogP contribution in [0.25, 0.3) is 23.4 Å². The summed E-state index contributed by atoms with van der Waals surface area (Å²) in [6.45, 7) is 4.54. The number of aromatic nitrogens is 1. The van der Waals surface area contributed by atoms with Gasteiger partial charge in [-0.15, -0.1) is 0 Å². The van der Waals surface area contributed by atoms with Crippen molar-refractivity contribution in [3.05, 3.63) is 122 Å². The fourth-order valence-electron chi connectivity index (χ4n) is 6.63. The Morgan fingerprint density at radius 2 is 1.28 bits per heavy atom. The van der Waals surface area contributed by atoms with Crippen molar-refractivity contribution in [1.29, 1.82) is 0 Å². The van der Waals surface area contributed by atoms with E-state index in [9.17, 15) is 0 Å². The van der Waals surface area contributed by atoms with Gasteiger partial charge in [0.05, 0.1) is 0 Å². The Morgan fingerprint density at radius 3 is 1.94 bits per heavy atom. The van der Waals surface area contributed by atoms with E-state index in [2.05, 4.69) is 104 Å². The van der Waals surface area contributed by atoms with Gasteiger partial charge < -0.3 is 0 Å². The van der Waals surface area contributed by atoms with Crippen LogP contribution in [0.4, 0.5) is 0 Å². The van der Waals surface area contributed by atoms with Crippen LogP contribution in [-0.2, 0) is 7.05 Å². The molecule has 2 atom stereocenters. The van der Waals surface area contributed by atoms with E-state index in [1.165, 1.54) is 66.2 Å². The van der Waals surface area contributed by atoms with Gasteiger partial charge in [-0.25, -0.2) is 4.57 Å². The van der Waals surface area contributed by atoms with Crippen molar-refractivity contribution >= 4 is 12.2 Å². The number of nitrogens with zero attached hydrogens (tertiary/aromatic N) is 1. The van der Waals surface area contributed by atoms with Gasteiger partial charge in [0.15, 0.2) is 6.20 Å². The summed E-state index contributed by atoms with van der Waals surface area (Å²) in [6, 6.07) is 23.0. The zero-order valence-electron chi connectivity index (χ0n) is 18.8. The highest BCUT2D eigenvalue weighted by atomic mass is 14.9. The number of benzene rings is 3. The van der Waals surface area contributed by atoms with Crippen LogP contribution in [0.1, 0.15) is 62.8 Å². The highest BCUT2D eigenvalue weighted by Crippen LogP contribution is 2.57. The SMILES string of the molecule is Cc1ccccc1-c1c2c(c(C)c[n+]1C)C1c3ccccc3C2c2cc3c(cc21)=CCC=3. The van der Waals surface area contributed by atoms with Crippen LogP contribution in [0.3, 0.4) is 0 Å². The molecule has 32 heavy (non-hydrogen) atoms. The summed E-state index contributed by atoms with van der Waals surface area (Å²) in [6.07, 6.45) is 8.15. The molecule has 4 aliphatic rings. The summed E-state index contributed by atoms with van der Waals surface area (Å²) >= 11 is 0. The van der Waals surface area contributed by atoms with Crippen LogP contribution in [0.2, 0.25) is 0 Å². The molecule has 0 amide bonds. The Morgan fingerprint density at radius 1 is 0.688 bits per heavy atom. The highest BCUT2D eigenvalue weighted by molar-refractivity contribution is 5.77. The molecule has 2 bridgehead atoms. The van der Waals surface area contributed by atoms with Crippen LogP contribution in [0.15, 0.2) is 66.9 Å². The fraction of sp³-hybridized carbons (Fsp3) is 0.194. The smallest absolute Gasteiger partial charge is 0.200 e. The molecular formula is C31H26N+. The second-order valence-corrected chi connectivity index (χ2v) is 9.66. The zero-order valence-corrected chi connectivity index (χ0v) is 18.8. The molecule has 2 unspecified atom stereocenters. The lowest BCUT2D eigenvalue weighted by Crippen LogP contribution is -2.40. The second kappa shape index (κ2) is 6.29. The van der Waals surface area contributed by atoms with Crippen molar-refractivity contribution in [1.82, 2.24) is 0 Å². The lowest BCUT2D eigenvalue weighted by atomic mass is 9.59. The number of aryl methyl sites for hydroxylation is 3. The van der Waals surface area contributed by atoms with Crippen LogP contribution >= 0.6 is 0 Å². The fourth-order valence-corrected chi connectivity index (χ4v) is 6.63. The largest absolute Gasteiger partial charge is 0.217 e. The third-order valence-corrected chi connectivity index (χ3v) is 7.89. The van der Waals surface area contributed by atoms with Crippen LogP contribution < -0.4 is 15.0 Å². The maximum absolute atomic E-state index is 2.49. The minimum absolute atomic E-state index is 0.279. The molecule has 4 aromatic rings. The average Bonchev–Trinajstić information content (AvgIpc) is 3.26. The van der Waals surface area contributed by atoms with Gasteiger partial charge in [-0.05, 0) is 70.2 Å². The monoisotopic (exact) mass is 412 g/mol. The molecule has 3 aromatic carbocycles. The molecule has 8 rings (SSSR count). The lowest BCUT2D eigenvalue weighted by molar-refractivity contribution is -0.661. The maximum Gasteiger partial charge on any atom is 0.217 e. The molecular weight excluding hydrogens is 386 g/mol. The number of pyridine rings is 1. The van der Waals surface area contributed by atoms with Gasteiger partial charge in [0.1, 0.15) is 7.05 Å². The summed E-state index contributed by atoms with van der Waals surface area (Å²) < 4.78 is 2.37. The summed E-state index contributed by atoms with van der Waals surface area (Å²) in [5, 5.41) is 2.82. The van der Waals surface area contributed by atoms with E-state index in [1.54, 1.807) is 0 Å². The number of hydrogen-bond acceptors (Lipinski definition) is 0. The molecule has 0 fully saturated rings. The average molecular weight is 413 g/mol. The molecule has 0 radical (unpaired) electrons. The summed E-state index contributed by atoms with van der Waals surface area (Å²) in [5.41, 5.74) is 14.5. The molecule has 154 valence electrons. The number of fused-ring (bicyclic) bond motifs is 1. The van der Waals surface area contributed by atoms with E-state index in [4.69, 9.17) is 0 Å². The van der Waals surface area contributed by atoms with Crippen LogP contribution in [0.5, 0.6) is 0 Å². The summed E-state index contributed by atoms with van der Waals surface area (Å²) in [7, 11) is 2.22. The minimum Gasteiger partial charge on any atom is -0.200 e. The summed E-state index contributed by atoms with van der Waals surface area (Å²) in [4.78, 5) is 0. The predicted molar refractivity (Wildman–Crippen MR) is 130 cm³/mol. The van der Waals surface area contributed by atoms with Gasteiger partial charge in [-0.2, -0.15) is 0 Å². The van der Waals surface area contributed by atoms with E-state index < -0.39 is 0 Å². The van der Waals surface area contributed by atoms with Gasteiger partial charge in [0.25, 0.3) is 0 Å². The highest BCUT2D eigenvalue weighted by Gasteiger charge is 2.46. The van der Waals surface area contributed by atoms with Crippen molar-refractivity contribution < 1.29 is 4.57 Å². The second-order valence-electron chi connectivity index (χ2n) is 9.66. The van der Waals surface area contributed by atoms with Crippen LogP contribution in [0, 0.1) is 13.8 Å². The Balaban J connectivity index is 1.65. The van der Waals surface area contributed by atoms with Crippen molar-refractivity contribution in [2.24, 2.45) is 7.05 Å². The molecule has 1 nitrogen and oxygen atoms in total. The zero-order chi connectivity index (χ0) is 21.6. The lowest BCUT2D eigenvalue weighted by Gasteiger charge is -2.42. The van der Waals surface area contributed by atoms with Gasteiger partial charge in [0, 0.05) is 28.5 Å².